The van der Waals surface area contributed by atoms with Crippen LogP contribution in [0.2, 0.25) is 0 Å². The van der Waals surface area contributed by atoms with Crippen molar-refractivity contribution >= 4 is 11.4 Å². The second-order valence-corrected chi connectivity index (χ2v) is 5.88. The van der Waals surface area contributed by atoms with Gasteiger partial charge in [-0.2, -0.15) is 0 Å². The summed E-state index contributed by atoms with van der Waals surface area (Å²) in [6.45, 7) is 6.04. The molecule has 2 aliphatic heterocycles. The number of rotatable bonds is 2. The number of nitrogens with two attached hydrogens (primary N) is 1. The lowest BCUT2D eigenvalue weighted by Crippen LogP contribution is -2.59. The van der Waals surface area contributed by atoms with Crippen LogP contribution >= 0.6 is 0 Å². The Kier molecular flexibility index (Phi) is 3.04. The van der Waals surface area contributed by atoms with E-state index in [2.05, 4.69) is 36.5 Å². The third kappa shape index (κ3) is 1.73. The lowest BCUT2D eigenvalue weighted by molar-refractivity contribution is 0.203. The smallest absolute Gasteiger partial charge is 0.133 e. The molecule has 3 atom stereocenters. The molecule has 2 saturated heterocycles. The second-order valence-electron chi connectivity index (χ2n) is 5.88. The van der Waals surface area contributed by atoms with E-state index < -0.39 is 0 Å². The maximum atomic E-state index is 5.84. The van der Waals surface area contributed by atoms with Gasteiger partial charge in [0.25, 0.3) is 0 Å². The lowest BCUT2D eigenvalue weighted by atomic mass is 10.1. The van der Waals surface area contributed by atoms with Crippen molar-refractivity contribution in [2.24, 2.45) is 0 Å². The van der Waals surface area contributed by atoms with Crippen molar-refractivity contribution in [1.29, 1.82) is 0 Å². The zero-order valence-electron chi connectivity index (χ0n) is 11.2. The van der Waals surface area contributed by atoms with Crippen molar-refractivity contribution in [1.82, 2.24) is 9.80 Å². The molecule has 18 heavy (non-hydrogen) atoms. The Morgan fingerprint density at radius 3 is 2.56 bits per heavy atom. The molecule has 1 aromatic rings. The van der Waals surface area contributed by atoms with Crippen molar-refractivity contribution in [3.05, 3.63) is 24.3 Å². The average molecular weight is 246 g/mol. The van der Waals surface area contributed by atoms with Gasteiger partial charge >= 0.3 is 0 Å². The monoisotopic (exact) mass is 246 g/mol. The normalized spacial score (nSPS) is 36.1. The summed E-state index contributed by atoms with van der Waals surface area (Å²) in [6, 6.07) is 10.1. The highest BCUT2D eigenvalue weighted by Crippen LogP contribution is 2.39. The van der Waals surface area contributed by atoms with Gasteiger partial charge < -0.3 is 11.1 Å². The van der Waals surface area contributed by atoms with Gasteiger partial charge in [0.1, 0.15) is 11.7 Å². The van der Waals surface area contributed by atoms with Crippen molar-refractivity contribution in [2.45, 2.75) is 38.3 Å². The Morgan fingerprint density at radius 1 is 1.22 bits per heavy atom. The first-order chi connectivity index (χ1) is 8.73. The van der Waals surface area contributed by atoms with Gasteiger partial charge in [0, 0.05) is 50.2 Å². The average Bonchev–Trinajstić information content (AvgIpc) is 3.00. The molecule has 3 N–H and O–H groups in total. The van der Waals surface area contributed by atoms with Crippen LogP contribution in [0.25, 0.3) is 0 Å². The molecule has 1 unspecified atom stereocenters. The molecule has 0 bridgehead atoms. The summed E-state index contributed by atoms with van der Waals surface area (Å²) >= 11 is 0. The summed E-state index contributed by atoms with van der Waals surface area (Å²) in [7, 11) is 0. The van der Waals surface area contributed by atoms with Crippen LogP contribution in [0.4, 0.5) is 11.4 Å². The fraction of sp³-hybridized carbons (Fsp3) is 0.600. The van der Waals surface area contributed by atoms with Gasteiger partial charge in [-0.3, -0.25) is 4.48 Å². The topological polar surface area (TPSA) is 38.0 Å². The molecule has 3 rings (SSSR count). The van der Waals surface area contributed by atoms with Gasteiger partial charge in [-0.25, -0.2) is 0 Å². The quantitative estimate of drug-likeness (QED) is 0.619. The summed E-state index contributed by atoms with van der Waals surface area (Å²) in [6.07, 6.45) is 4.00. The van der Waals surface area contributed by atoms with Crippen molar-refractivity contribution in [3.63, 3.8) is 0 Å². The third-order valence-electron chi connectivity index (χ3n) is 5.00. The second kappa shape index (κ2) is 4.56. The zero-order chi connectivity index (χ0) is 12.6. The van der Waals surface area contributed by atoms with Gasteiger partial charge in [0.05, 0.1) is 12.6 Å². The number of nitrogens with one attached hydrogen (secondary N) is 1. The van der Waals surface area contributed by atoms with Crippen molar-refractivity contribution in [2.75, 3.05) is 25.4 Å². The fourth-order valence-corrected chi connectivity index (χ4v) is 4.02. The summed E-state index contributed by atoms with van der Waals surface area (Å²) in [5.74, 6) is 0. The number of anilines is 1. The number of nitrogen functional groups attached to an aromatic ring is 1. The van der Waals surface area contributed by atoms with E-state index in [0.29, 0.717) is 0 Å². The molecule has 0 saturated carbocycles. The van der Waals surface area contributed by atoms with Gasteiger partial charge in [-0.15, -0.1) is 0 Å². The first-order valence-corrected chi connectivity index (χ1v) is 7.18. The Hall–Kier alpha value is -1.06. The number of nitrogens with zero attached hydrogens (tertiary/aromatic N) is 1. The molecular weight excluding hydrogens is 222 g/mol. The summed E-state index contributed by atoms with van der Waals surface area (Å²) < 4.78 is 1.17. The molecule has 2 fully saturated rings. The highest BCUT2D eigenvalue weighted by Gasteiger charge is 2.47. The van der Waals surface area contributed by atoms with E-state index >= 15 is 0 Å². The van der Waals surface area contributed by atoms with Crippen LogP contribution in [0.1, 0.15) is 26.2 Å². The number of quaternary nitrogens is 1. The van der Waals surface area contributed by atoms with Crippen LogP contribution in [-0.4, -0.2) is 31.7 Å². The summed E-state index contributed by atoms with van der Waals surface area (Å²) in [5.41, 5.74) is 8.17. The Labute approximate surface area is 110 Å². The van der Waals surface area contributed by atoms with Gasteiger partial charge in [-0.1, -0.05) is 0 Å². The molecule has 1 aromatic carbocycles. The fourth-order valence-electron chi connectivity index (χ4n) is 4.02. The number of likely N-dealkylation sites (tertiary alicyclic amines) is 1. The molecule has 0 aliphatic carbocycles. The van der Waals surface area contributed by atoms with E-state index in [1.54, 1.807) is 0 Å². The van der Waals surface area contributed by atoms with E-state index in [0.717, 1.165) is 24.3 Å². The first-order valence-electron chi connectivity index (χ1n) is 7.18. The summed E-state index contributed by atoms with van der Waals surface area (Å²) in [4.78, 5) is 0. The minimum atomic E-state index is 0.735. The summed E-state index contributed by atoms with van der Waals surface area (Å²) in [5, 5.41) is 3.54. The van der Waals surface area contributed by atoms with Gasteiger partial charge in [0.15, 0.2) is 0 Å². The first kappa shape index (κ1) is 12.0. The van der Waals surface area contributed by atoms with E-state index in [9.17, 15) is 0 Å². The van der Waals surface area contributed by atoms with Crippen LogP contribution in [0, 0.1) is 0 Å². The standard InChI is InChI=1S/C15H24N3/c1-12-3-2-10-18(12,15-8-9-17-11-15)14-6-4-13(16)5-7-14/h4-7,12,15,17H,2-3,8-11,16H2,1H3/q+1/t12-,15-,18?/m0/s1. The van der Waals surface area contributed by atoms with E-state index in [1.807, 2.05) is 0 Å². The molecule has 98 valence electrons. The number of hydrogen-bond acceptors (Lipinski definition) is 2. The predicted molar refractivity (Wildman–Crippen MR) is 77.5 cm³/mol. The molecule has 0 spiro atoms. The van der Waals surface area contributed by atoms with E-state index in [4.69, 9.17) is 5.73 Å². The number of benzene rings is 1. The highest BCUT2D eigenvalue weighted by molar-refractivity contribution is 5.52. The molecule has 0 radical (unpaired) electrons. The van der Waals surface area contributed by atoms with Crippen LogP contribution in [0.3, 0.4) is 0 Å². The highest BCUT2D eigenvalue weighted by atomic mass is 15.4. The third-order valence-corrected chi connectivity index (χ3v) is 5.00. The van der Waals surface area contributed by atoms with E-state index in [1.165, 1.54) is 42.5 Å². The van der Waals surface area contributed by atoms with Crippen molar-refractivity contribution in [3.8, 4) is 0 Å². The Balaban J connectivity index is 2.01. The number of hydrogen-bond donors (Lipinski definition) is 2. The Morgan fingerprint density at radius 2 is 2.00 bits per heavy atom. The SMILES string of the molecule is C[C@H]1CCC[N+]1(c1ccc(N)cc1)[C@H]1CCNC1. The molecule has 2 heterocycles. The minimum Gasteiger partial charge on any atom is -0.399 e. The maximum absolute atomic E-state index is 5.84. The molecule has 3 nitrogen and oxygen atoms in total. The van der Waals surface area contributed by atoms with Crippen LogP contribution in [0.15, 0.2) is 24.3 Å². The van der Waals surface area contributed by atoms with E-state index in [-0.39, 0.29) is 0 Å². The largest absolute Gasteiger partial charge is 0.399 e. The van der Waals surface area contributed by atoms with Crippen LogP contribution in [0.5, 0.6) is 0 Å². The predicted octanol–water partition coefficient (Wildman–Crippen LogP) is 2.12. The molecule has 0 aromatic heterocycles. The molecular formula is C15H24N3+. The maximum Gasteiger partial charge on any atom is 0.133 e. The van der Waals surface area contributed by atoms with Crippen LogP contribution in [-0.2, 0) is 0 Å². The Bertz CT molecular complexity index is 408. The zero-order valence-corrected chi connectivity index (χ0v) is 11.2. The van der Waals surface area contributed by atoms with Gasteiger partial charge in [-0.05, 0) is 19.1 Å². The van der Waals surface area contributed by atoms with Crippen molar-refractivity contribution < 1.29 is 0 Å². The lowest BCUT2D eigenvalue weighted by Gasteiger charge is -2.43. The molecule has 3 heteroatoms. The van der Waals surface area contributed by atoms with Gasteiger partial charge in [0.2, 0.25) is 0 Å². The molecule has 2 aliphatic rings. The van der Waals surface area contributed by atoms with Crippen LogP contribution < -0.4 is 15.5 Å². The molecule has 0 amide bonds. The minimum absolute atomic E-state index is 0.735.